The molecule has 24 heavy (non-hydrogen) atoms. The fourth-order valence-corrected chi connectivity index (χ4v) is 4.35. The van der Waals surface area contributed by atoms with E-state index in [9.17, 15) is 0 Å². The molecule has 0 aromatic carbocycles. The Kier molecular flexibility index (Phi) is 4.39. The van der Waals surface area contributed by atoms with Gasteiger partial charge in [0.05, 0.1) is 16.9 Å². The number of fused-ring (bicyclic) bond motifs is 1. The van der Waals surface area contributed by atoms with Gasteiger partial charge in [0.2, 0.25) is 5.65 Å². The maximum Gasteiger partial charge on any atom is 0.200 e. The van der Waals surface area contributed by atoms with Crippen LogP contribution in [0.1, 0.15) is 57.6 Å². The van der Waals surface area contributed by atoms with Gasteiger partial charge >= 0.3 is 0 Å². The zero-order valence-electron chi connectivity index (χ0n) is 14.7. The fraction of sp³-hybridized carbons (Fsp3) is 0.722. The van der Waals surface area contributed by atoms with E-state index >= 15 is 0 Å². The number of hydrogen-bond donors (Lipinski definition) is 1. The topological polar surface area (TPSA) is 58.3 Å². The van der Waals surface area contributed by atoms with Gasteiger partial charge in [-0.05, 0) is 51.3 Å². The maximum absolute atomic E-state index is 4.57. The quantitative estimate of drug-likeness (QED) is 0.914. The normalized spacial score (nSPS) is 21.4. The molecule has 130 valence electrons. The number of aromatic nitrogens is 4. The van der Waals surface area contributed by atoms with E-state index in [1.807, 2.05) is 4.52 Å². The minimum atomic E-state index is 0.168. The molecule has 1 N–H and O–H groups in total. The van der Waals surface area contributed by atoms with Crippen molar-refractivity contribution in [3.63, 3.8) is 0 Å². The summed E-state index contributed by atoms with van der Waals surface area (Å²) < 4.78 is 1.81. The maximum atomic E-state index is 4.57. The van der Waals surface area contributed by atoms with E-state index in [4.69, 9.17) is 0 Å². The SMILES string of the molecule is CCc1cc(NC2(CN3CCCC3)CCCCC2)c2nncn2n1. The lowest BCUT2D eigenvalue weighted by atomic mass is 9.81. The summed E-state index contributed by atoms with van der Waals surface area (Å²) in [7, 11) is 0. The van der Waals surface area contributed by atoms with Crippen molar-refractivity contribution in [1.29, 1.82) is 0 Å². The van der Waals surface area contributed by atoms with E-state index in [0.717, 1.165) is 30.0 Å². The first-order valence-electron chi connectivity index (χ1n) is 9.48. The summed E-state index contributed by atoms with van der Waals surface area (Å²) in [5.41, 5.74) is 3.19. The van der Waals surface area contributed by atoms with Crippen molar-refractivity contribution in [2.75, 3.05) is 25.0 Å². The van der Waals surface area contributed by atoms with E-state index in [1.165, 1.54) is 58.0 Å². The summed E-state index contributed by atoms with van der Waals surface area (Å²) in [6.07, 6.45) is 11.8. The van der Waals surface area contributed by atoms with Crippen LogP contribution >= 0.6 is 0 Å². The Bertz CT molecular complexity index is 682. The lowest BCUT2D eigenvalue weighted by molar-refractivity contribution is 0.215. The van der Waals surface area contributed by atoms with Gasteiger partial charge in [-0.2, -0.15) is 9.61 Å². The third kappa shape index (κ3) is 3.11. The summed E-state index contributed by atoms with van der Waals surface area (Å²) >= 11 is 0. The molecule has 2 aromatic heterocycles. The molecular weight excluding hydrogens is 300 g/mol. The Morgan fingerprint density at radius 2 is 1.92 bits per heavy atom. The molecule has 0 unspecified atom stereocenters. The average molecular weight is 328 g/mol. The molecule has 0 atom stereocenters. The summed E-state index contributed by atoms with van der Waals surface area (Å²) in [5.74, 6) is 0. The number of rotatable bonds is 5. The standard InChI is InChI=1S/C18H28N6/c1-2-15-12-16(17-21-19-14-24(17)22-15)20-18(8-4-3-5-9-18)13-23-10-6-7-11-23/h12,14,20H,2-11,13H2,1H3. The smallest absolute Gasteiger partial charge is 0.200 e. The molecular formula is C18H28N6. The van der Waals surface area contributed by atoms with Crippen molar-refractivity contribution in [2.45, 2.75) is 63.8 Å². The number of aryl methyl sites for hydroxylation is 1. The van der Waals surface area contributed by atoms with Crippen LogP contribution in [0.25, 0.3) is 5.65 Å². The van der Waals surface area contributed by atoms with Crippen molar-refractivity contribution in [1.82, 2.24) is 24.7 Å². The number of nitrogens with zero attached hydrogens (tertiary/aromatic N) is 5. The van der Waals surface area contributed by atoms with Gasteiger partial charge in [-0.1, -0.05) is 26.2 Å². The van der Waals surface area contributed by atoms with Crippen LogP contribution in [0, 0.1) is 0 Å². The number of likely N-dealkylation sites (tertiary alicyclic amines) is 1. The van der Waals surface area contributed by atoms with Gasteiger partial charge in [0, 0.05) is 6.54 Å². The fourth-order valence-electron chi connectivity index (χ4n) is 4.35. The van der Waals surface area contributed by atoms with Gasteiger partial charge in [0.25, 0.3) is 0 Å². The second-order valence-corrected chi connectivity index (χ2v) is 7.45. The lowest BCUT2D eigenvalue weighted by Gasteiger charge is -2.41. The molecule has 3 heterocycles. The molecule has 6 nitrogen and oxygen atoms in total. The summed E-state index contributed by atoms with van der Waals surface area (Å²) in [6, 6.07) is 2.17. The van der Waals surface area contributed by atoms with Gasteiger partial charge in [-0.15, -0.1) is 10.2 Å². The number of hydrogen-bond acceptors (Lipinski definition) is 5. The molecule has 4 rings (SSSR count). The van der Waals surface area contributed by atoms with Crippen LogP contribution in [-0.4, -0.2) is 49.9 Å². The minimum absolute atomic E-state index is 0.168. The van der Waals surface area contributed by atoms with Gasteiger partial charge in [-0.25, -0.2) is 0 Å². The molecule has 0 radical (unpaired) electrons. The van der Waals surface area contributed by atoms with E-state index < -0.39 is 0 Å². The van der Waals surface area contributed by atoms with Crippen LogP contribution in [0.3, 0.4) is 0 Å². The Balaban J connectivity index is 1.65. The van der Waals surface area contributed by atoms with E-state index in [-0.39, 0.29) is 5.54 Å². The van der Waals surface area contributed by atoms with E-state index in [2.05, 4.69) is 38.5 Å². The molecule has 2 aromatic rings. The molecule has 1 saturated heterocycles. The van der Waals surface area contributed by atoms with Crippen LogP contribution < -0.4 is 5.32 Å². The Morgan fingerprint density at radius 3 is 2.67 bits per heavy atom. The first-order valence-corrected chi connectivity index (χ1v) is 9.48. The summed E-state index contributed by atoms with van der Waals surface area (Å²) in [5, 5.41) is 16.8. The molecule has 2 fully saturated rings. The predicted molar refractivity (Wildman–Crippen MR) is 95.3 cm³/mol. The van der Waals surface area contributed by atoms with Gasteiger partial charge in [-0.3, -0.25) is 0 Å². The van der Waals surface area contributed by atoms with E-state index in [1.54, 1.807) is 6.33 Å². The lowest BCUT2D eigenvalue weighted by Crippen LogP contribution is -2.49. The van der Waals surface area contributed by atoms with Crippen LogP contribution in [0.15, 0.2) is 12.4 Å². The molecule has 0 amide bonds. The third-order valence-electron chi connectivity index (χ3n) is 5.62. The first kappa shape index (κ1) is 15.8. The molecule has 2 aliphatic rings. The zero-order chi connectivity index (χ0) is 16.4. The largest absolute Gasteiger partial charge is 0.375 e. The van der Waals surface area contributed by atoms with Crippen LogP contribution in [0.4, 0.5) is 5.69 Å². The highest BCUT2D eigenvalue weighted by atomic mass is 15.4. The highest BCUT2D eigenvalue weighted by Gasteiger charge is 2.35. The molecule has 6 heteroatoms. The Hall–Kier alpha value is -1.69. The molecule has 1 saturated carbocycles. The summed E-state index contributed by atoms with van der Waals surface area (Å²) in [4.78, 5) is 2.64. The van der Waals surface area contributed by atoms with Gasteiger partial charge < -0.3 is 10.2 Å². The van der Waals surface area contributed by atoms with Crippen molar-refractivity contribution in [3.8, 4) is 0 Å². The Morgan fingerprint density at radius 1 is 1.12 bits per heavy atom. The third-order valence-corrected chi connectivity index (χ3v) is 5.62. The zero-order valence-corrected chi connectivity index (χ0v) is 14.7. The van der Waals surface area contributed by atoms with Crippen molar-refractivity contribution in [2.24, 2.45) is 0 Å². The van der Waals surface area contributed by atoms with Gasteiger partial charge in [0.1, 0.15) is 6.33 Å². The molecule has 1 aliphatic heterocycles. The molecule has 1 aliphatic carbocycles. The second kappa shape index (κ2) is 6.67. The second-order valence-electron chi connectivity index (χ2n) is 7.45. The highest BCUT2D eigenvalue weighted by molar-refractivity contribution is 5.67. The molecule has 0 spiro atoms. The van der Waals surface area contributed by atoms with Crippen LogP contribution in [0.5, 0.6) is 0 Å². The van der Waals surface area contributed by atoms with Crippen molar-refractivity contribution < 1.29 is 0 Å². The van der Waals surface area contributed by atoms with Gasteiger partial charge in [0.15, 0.2) is 0 Å². The number of anilines is 1. The van der Waals surface area contributed by atoms with Crippen molar-refractivity contribution >= 4 is 11.3 Å². The number of nitrogens with one attached hydrogen (secondary N) is 1. The first-order chi connectivity index (χ1) is 11.8. The monoisotopic (exact) mass is 328 g/mol. The van der Waals surface area contributed by atoms with Crippen LogP contribution in [-0.2, 0) is 6.42 Å². The molecule has 0 bridgehead atoms. The van der Waals surface area contributed by atoms with E-state index in [0.29, 0.717) is 0 Å². The average Bonchev–Trinajstić information content (AvgIpc) is 3.27. The minimum Gasteiger partial charge on any atom is -0.375 e. The van der Waals surface area contributed by atoms with Crippen molar-refractivity contribution in [3.05, 3.63) is 18.1 Å². The Labute approximate surface area is 143 Å². The predicted octanol–water partition coefficient (Wildman–Crippen LogP) is 2.90. The highest BCUT2D eigenvalue weighted by Crippen LogP contribution is 2.34. The van der Waals surface area contributed by atoms with Crippen LogP contribution in [0.2, 0.25) is 0 Å². The summed E-state index contributed by atoms with van der Waals surface area (Å²) in [6.45, 7) is 5.79.